The summed E-state index contributed by atoms with van der Waals surface area (Å²) in [4.78, 5) is 16.3. The van der Waals surface area contributed by atoms with Crippen LogP contribution in [0.4, 0.5) is 0 Å². The van der Waals surface area contributed by atoms with Gasteiger partial charge in [0.15, 0.2) is 5.03 Å². The molecule has 0 radical (unpaired) electrons. The molecule has 1 aliphatic heterocycles. The third kappa shape index (κ3) is 3.81. The average Bonchev–Trinajstić information content (AvgIpc) is 2.51. The minimum Gasteiger partial charge on any atom is -0.350 e. The first kappa shape index (κ1) is 16.4. The third-order valence-corrected chi connectivity index (χ3v) is 3.55. The molecule has 120 valence electrons. The van der Waals surface area contributed by atoms with Crippen molar-refractivity contribution in [3.8, 4) is 0 Å². The van der Waals surface area contributed by atoms with E-state index in [9.17, 15) is 10.1 Å². The van der Waals surface area contributed by atoms with Crippen molar-refractivity contribution in [3.63, 3.8) is 0 Å². The lowest BCUT2D eigenvalue weighted by Gasteiger charge is -2.41. The molecule has 1 aromatic rings. The number of nitro groups is 1. The molecule has 1 fully saturated rings. The summed E-state index contributed by atoms with van der Waals surface area (Å²) in [5.41, 5.74) is 0.824. The van der Waals surface area contributed by atoms with Crippen molar-refractivity contribution in [2.75, 3.05) is 27.3 Å². The first-order chi connectivity index (χ1) is 10.5. The lowest BCUT2D eigenvalue weighted by Crippen LogP contribution is -2.62. The van der Waals surface area contributed by atoms with Crippen LogP contribution in [0.25, 0.3) is 0 Å². The number of ether oxygens (including phenoxy) is 2. The van der Waals surface area contributed by atoms with Gasteiger partial charge in [-0.15, -0.1) is 0 Å². The Morgan fingerprint density at radius 3 is 2.82 bits per heavy atom. The van der Waals surface area contributed by atoms with Gasteiger partial charge in [0.05, 0.1) is 13.1 Å². The lowest BCUT2D eigenvalue weighted by atomic mass is 10.2. The Kier molecular flexibility index (Phi) is 5.11. The highest BCUT2D eigenvalue weighted by Crippen LogP contribution is 2.19. The van der Waals surface area contributed by atoms with Crippen LogP contribution in [-0.4, -0.2) is 54.0 Å². The van der Waals surface area contributed by atoms with Gasteiger partial charge in [-0.05, 0) is 11.6 Å². The van der Waals surface area contributed by atoms with Crippen molar-refractivity contribution in [2.24, 2.45) is 5.10 Å². The third-order valence-electron chi connectivity index (χ3n) is 3.33. The number of methoxy groups -OCH3 is 2. The van der Waals surface area contributed by atoms with Crippen molar-refractivity contribution >= 4 is 17.6 Å². The molecule has 22 heavy (non-hydrogen) atoms. The summed E-state index contributed by atoms with van der Waals surface area (Å²) in [6, 6.07) is 3.44. The predicted molar refractivity (Wildman–Crippen MR) is 78.8 cm³/mol. The zero-order chi connectivity index (χ0) is 16.2. The van der Waals surface area contributed by atoms with E-state index in [-0.39, 0.29) is 19.0 Å². The highest BCUT2D eigenvalue weighted by molar-refractivity contribution is 6.29. The Morgan fingerprint density at radius 1 is 1.55 bits per heavy atom. The maximum Gasteiger partial charge on any atom is 0.272 e. The zero-order valence-corrected chi connectivity index (χ0v) is 12.9. The van der Waals surface area contributed by atoms with E-state index in [1.165, 1.54) is 14.2 Å². The van der Waals surface area contributed by atoms with E-state index in [0.717, 1.165) is 5.56 Å². The van der Waals surface area contributed by atoms with Gasteiger partial charge >= 0.3 is 0 Å². The molecule has 0 aliphatic carbocycles. The summed E-state index contributed by atoms with van der Waals surface area (Å²) in [7, 11) is 3.03. The van der Waals surface area contributed by atoms with Gasteiger partial charge in [0.25, 0.3) is 5.96 Å². The van der Waals surface area contributed by atoms with Crippen LogP contribution in [0.2, 0.25) is 5.15 Å². The Balaban J connectivity index is 2.23. The molecule has 0 saturated carbocycles. The Hall–Kier alpha value is -1.97. The van der Waals surface area contributed by atoms with Gasteiger partial charge in [-0.2, -0.15) is 0 Å². The van der Waals surface area contributed by atoms with Gasteiger partial charge in [0.2, 0.25) is 5.79 Å². The fourth-order valence-corrected chi connectivity index (χ4v) is 2.24. The second-order valence-electron chi connectivity index (χ2n) is 4.68. The second kappa shape index (κ2) is 6.86. The maximum absolute atomic E-state index is 10.7. The molecule has 0 amide bonds. The van der Waals surface area contributed by atoms with E-state index in [4.69, 9.17) is 21.1 Å². The molecule has 0 unspecified atom stereocenters. The van der Waals surface area contributed by atoms with Crippen molar-refractivity contribution in [3.05, 3.63) is 39.2 Å². The van der Waals surface area contributed by atoms with E-state index in [2.05, 4.69) is 15.4 Å². The normalized spacial score (nSPS) is 19.0. The number of nitrogens with zero attached hydrogens (tertiary/aromatic N) is 4. The monoisotopic (exact) mass is 329 g/mol. The average molecular weight is 330 g/mol. The summed E-state index contributed by atoms with van der Waals surface area (Å²) in [5.74, 6) is -0.764. The van der Waals surface area contributed by atoms with E-state index < -0.39 is 10.8 Å². The van der Waals surface area contributed by atoms with Crippen molar-refractivity contribution in [2.45, 2.75) is 12.3 Å². The van der Waals surface area contributed by atoms with Crippen LogP contribution in [0.15, 0.2) is 23.4 Å². The van der Waals surface area contributed by atoms with E-state index in [1.54, 1.807) is 23.2 Å². The fraction of sp³-hybridized carbons (Fsp3) is 0.500. The quantitative estimate of drug-likeness (QED) is 0.366. The zero-order valence-electron chi connectivity index (χ0n) is 12.2. The Bertz CT molecular complexity index is 561. The number of halogens is 1. The minimum absolute atomic E-state index is 0.143. The minimum atomic E-state index is -0.907. The van der Waals surface area contributed by atoms with Crippen LogP contribution in [0.5, 0.6) is 0 Å². The van der Waals surface area contributed by atoms with Crippen LogP contribution in [0.1, 0.15) is 5.56 Å². The van der Waals surface area contributed by atoms with Gasteiger partial charge < -0.3 is 19.7 Å². The number of hydrogen-bond acceptors (Lipinski definition) is 5. The summed E-state index contributed by atoms with van der Waals surface area (Å²) in [6.45, 7) is 0.878. The number of hydrazone groups is 1. The highest BCUT2D eigenvalue weighted by atomic mass is 35.5. The smallest absolute Gasteiger partial charge is 0.272 e. The van der Waals surface area contributed by atoms with Gasteiger partial charge in [0, 0.05) is 27.0 Å². The molecule has 1 N–H and O–H groups in total. The lowest BCUT2D eigenvalue weighted by molar-refractivity contribution is -0.486. The number of hydrogen-bond donors (Lipinski definition) is 1. The molecule has 0 aromatic carbocycles. The molecule has 0 atom stereocenters. The molecular formula is C12H16ClN5O4. The van der Waals surface area contributed by atoms with Crippen molar-refractivity contribution in [1.82, 2.24) is 15.2 Å². The summed E-state index contributed by atoms with van der Waals surface area (Å²) < 4.78 is 10.8. The highest BCUT2D eigenvalue weighted by Gasteiger charge is 2.39. The van der Waals surface area contributed by atoms with E-state index >= 15 is 0 Å². The molecule has 0 spiro atoms. The summed E-state index contributed by atoms with van der Waals surface area (Å²) >= 11 is 5.75. The number of nitrogens with one attached hydrogen (secondary N) is 1. The van der Waals surface area contributed by atoms with Crippen LogP contribution in [-0.2, 0) is 16.0 Å². The van der Waals surface area contributed by atoms with Crippen LogP contribution in [0, 0.1) is 10.1 Å². The van der Waals surface area contributed by atoms with E-state index in [1.807, 2.05) is 0 Å². The molecule has 1 aliphatic rings. The SMILES string of the molecule is COC1(OC)CN/C(=N\[N+](=O)[O-])N(Cc2ccc(Cl)nc2)C1. The Morgan fingerprint density at radius 2 is 2.27 bits per heavy atom. The number of guanidine groups is 1. The molecule has 1 saturated heterocycles. The van der Waals surface area contributed by atoms with Crippen LogP contribution >= 0.6 is 11.6 Å². The second-order valence-corrected chi connectivity index (χ2v) is 5.07. The summed E-state index contributed by atoms with van der Waals surface area (Å²) in [5, 5.41) is 16.5. The maximum atomic E-state index is 10.7. The number of rotatable bonds is 5. The standard InChI is InChI=1S/C12H16ClN5O4/c1-21-12(22-2)7-15-11(16-18(19)20)17(8-12)6-9-3-4-10(13)14-5-9/h3-5H,6-8H2,1-2H3,(H,15,16). The molecule has 2 heterocycles. The number of aromatic nitrogens is 1. The topological polar surface area (TPSA) is 102 Å². The molecule has 10 heteroatoms. The van der Waals surface area contributed by atoms with Crippen LogP contribution in [0.3, 0.4) is 0 Å². The first-order valence-electron chi connectivity index (χ1n) is 6.40. The van der Waals surface area contributed by atoms with Gasteiger partial charge in [-0.3, -0.25) is 0 Å². The van der Waals surface area contributed by atoms with Crippen molar-refractivity contribution < 1.29 is 14.5 Å². The van der Waals surface area contributed by atoms with Crippen LogP contribution < -0.4 is 5.32 Å². The van der Waals surface area contributed by atoms with Gasteiger partial charge in [-0.25, -0.2) is 15.1 Å². The summed E-state index contributed by atoms with van der Waals surface area (Å²) in [6.07, 6.45) is 1.60. The number of pyridine rings is 1. The van der Waals surface area contributed by atoms with Gasteiger partial charge in [0.1, 0.15) is 10.3 Å². The Labute approximate surface area is 132 Å². The molecule has 9 nitrogen and oxygen atoms in total. The van der Waals surface area contributed by atoms with E-state index in [0.29, 0.717) is 11.7 Å². The molecule has 2 rings (SSSR count). The molecular weight excluding hydrogens is 314 g/mol. The van der Waals surface area contributed by atoms with Crippen molar-refractivity contribution in [1.29, 1.82) is 0 Å². The largest absolute Gasteiger partial charge is 0.350 e. The van der Waals surface area contributed by atoms with Gasteiger partial charge in [-0.1, -0.05) is 17.7 Å². The first-order valence-corrected chi connectivity index (χ1v) is 6.78. The predicted octanol–water partition coefficient (Wildman–Crippen LogP) is 0.677. The molecule has 1 aromatic heterocycles. The fourth-order valence-electron chi connectivity index (χ4n) is 2.13. The molecule has 0 bridgehead atoms.